The minimum Gasteiger partial charge on any atom is -0.305 e. The first kappa shape index (κ1) is 16.6. The quantitative estimate of drug-likeness (QED) is 0.712. The summed E-state index contributed by atoms with van der Waals surface area (Å²) in [6.45, 7) is 2.01. The molecule has 0 fully saturated rings. The fourth-order valence-electron chi connectivity index (χ4n) is 2.46. The standard InChI is InChI=1S/C18H15Cl2N3O/c1-2-12-6-3-4-7-13(12)18(24)21-16-10-11-23(22-16)17-14(19)8-5-9-15(17)20/h3-11H,2H2,1H3,(H,21,22,24). The molecule has 122 valence electrons. The average Bonchev–Trinajstić information content (AvgIpc) is 3.02. The summed E-state index contributed by atoms with van der Waals surface area (Å²) in [6.07, 6.45) is 2.49. The lowest BCUT2D eigenvalue weighted by Gasteiger charge is -2.08. The van der Waals surface area contributed by atoms with Gasteiger partial charge in [-0.25, -0.2) is 4.68 Å². The number of carbonyl (C=O) groups is 1. The van der Waals surface area contributed by atoms with Gasteiger partial charge in [-0.1, -0.05) is 54.4 Å². The number of nitrogens with zero attached hydrogens (tertiary/aromatic N) is 2. The fraction of sp³-hybridized carbons (Fsp3) is 0.111. The molecule has 0 bridgehead atoms. The smallest absolute Gasteiger partial charge is 0.257 e. The molecule has 0 unspecified atom stereocenters. The molecule has 6 heteroatoms. The highest BCUT2D eigenvalue weighted by Gasteiger charge is 2.13. The number of hydrogen-bond acceptors (Lipinski definition) is 2. The highest BCUT2D eigenvalue weighted by molar-refractivity contribution is 6.37. The third-order valence-electron chi connectivity index (χ3n) is 3.64. The second-order valence-electron chi connectivity index (χ2n) is 5.18. The first-order valence-electron chi connectivity index (χ1n) is 7.49. The highest BCUT2D eigenvalue weighted by atomic mass is 35.5. The molecule has 0 spiro atoms. The summed E-state index contributed by atoms with van der Waals surface area (Å²) in [5.41, 5.74) is 2.21. The van der Waals surface area contributed by atoms with Gasteiger partial charge in [0, 0.05) is 17.8 Å². The Bertz CT molecular complexity index is 869. The maximum absolute atomic E-state index is 12.5. The minimum absolute atomic E-state index is 0.192. The van der Waals surface area contributed by atoms with Gasteiger partial charge in [0.05, 0.1) is 10.0 Å². The molecule has 4 nitrogen and oxygen atoms in total. The molecule has 3 rings (SSSR count). The van der Waals surface area contributed by atoms with Crippen molar-refractivity contribution in [2.24, 2.45) is 0 Å². The van der Waals surface area contributed by atoms with Crippen molar-refractivity contribution in [2.45, 2.75) is 13.3 Å². The Labute approximate surface area is 150 Å². The third-order valence-corrected chi connectivity index (χ3v) is 4.25. The zero-order chi connectivity index (χ0) is 17.1. The molecule has 0 aliphatic rings. The molecule has 0 saturated carbocycles. The minimum atomic E-state index is -0.192. The van der Waals surface area contributed by atoms with Gasteiger partial charge in [0.1, 0.15) is 5.69 Å². The Balaban J connectivity index is 1.85. The van der Waals surface area contributed by atoms with Crippen molar-refractivity contribution in [3.8, 4) is 5.69 Å². The molecular weight excluding hydrogens is 345 g/mol. The summed E-state index contributed by atoms with van der Waals surface area (Å²) >= 11 is 12.4. The molecule has 1 heterocycles. The van der Waals surface area contributed by atoms with Crippen LogP contribution in [0.15, 0.2) is 54.7 Å². The number of nitrogens with one attached hydrogen (secondary N) is 1. The molecule has 1 N–H and O–H groups in total. The maximum Gasteiger partial charge on any atom is 0.257 e. The Morgan fingerprint density at radius 2 is 1.79 bits per heavy atom. The van der Waals surface area contributed by atoms with Crippen molar-refractivity contribution < 1.29 is 4.79 Å². The number of amides is 1. The van der Waals surface area contributed by atoms with Crippen molar-refractivity contribution >= 4 is 34.9 Å². The number of carbonyl (C=O) groups excluding carboxylic acids is 1. The number of rotatable bonds is 4. The molecule has 1 amide bonds. The highest BCUT2D eigenvalue weighted by Crippen LogP contribution is 2.28. The Hall–Kier alpha value is -2.30. The Morgan fingerprint density at radius 1 is 1.08 bits per heavy atom. The lowest BCUT2D eigenvalue weighted by molar-refractivity contribution is 0.102. The van der Waals surface area contributed by atoms with Crippen LogP contribution < -0.4 is 5.32 Å². The molecule has 2 aromatic carbocycles. The van der Waals surface area contributed by atoms with Crippen LogP contribution in [-0.4, -0.2) is 15.7 Å². The number of halogens is 2. The molecule has 0 radical (unpaired) electrons. The predicted molar refractivity (Wildman–Crippen MR) is 97.4 cm³/mol. The van der Waals surface area contributed by atoms with E-state index in [0.29, 0.717) is 27.1 Å². The van der Waals surface area contributed by atoms with E-state index >= 15 is 0 Å². The molecule has 3 aromatic rings. The van der Waals surface area contributed by atoms with E-state index in [0.717, 1.165) is 12.0 Å². The van der Waals surface area contributed by atoms with Crippen molar-refractivity contribution in [3.05, 3.63) is 75.9 Å². The van der Waals surface area contributed by atoms with Crippen molar-refractivity contribution in [3.63, 3.8) is 0 Å². The molecule has 1 aromatic heterocycles. The zero-order valence-corrected chi connectivity index (χ0v) is 14.5. The SMILES string of the molecule is CCc1ccccc1C(=O)Nc1ccn(-c2c(Cl)cccc2Cl)n1. The van der Waals surface area contributed by atoms with Crippen molar-refractivity contribution in [1.82, 2.24) is 9.78 Å². The summed E-state index contributed by atoms with van der Waals surface area (Å²) in [7, 11) is 0. The topological polar surface area (TPSA) is 46.9 Å². The molecular formula is C18H15Cl2N3O. The van der Waals surface area contributed by atoms with E-state index in [1.807, 2.05) is 25.1 Å². The first-order chi connectivity index (χ1) is 11.6. The summed E-state index contributed by atoms with van der Waals surface area (Å²) in [5.74, 6) is 0.241. The van der Waals surface area contributed by atoms with E-state index in [1.165, 1.54) is 0 Å². The molecule has 0 saturated heterocycles. The maximum atomic E-state index is 12.5. The van der Waals surface area contributed by atoms with Crippen LogP contribution in [0.2, 0.25) is 10.0 Å². The Kier molecular flexibility index (Phi) is 4.88. The summed E-state index contributed by atoms with van der Waals surface area (Å²) in [4.78, 5) is 12.5. The summed E-state index contributed by atoms with van der Waals surface area (Å²) < 4.78 is 1.55. The monoisotopic (exact) mass is 359 g/mol. The number of aryl methyl sites for hydroxylation is 1. The Morgan fingerprint density at radius 3 is 2.50 bits per heavy atom. The van der Waals surface area contributed by atoms with Gasteiger partial charge in [-0.3, -0.25) is 4.79 Å². The van der Waals surface area contributed by atoms with E-state index in [9.17, 15) is 4.79 Å². The van der Waals surface area contributed by atoms with Crippen LogP contribution in [0.25, 0.3) is 5.69 Å². The van der Waals surface area contributed by atoms with E-state index in [2.05, 4.69) is 10.4 Å². The van der Waals surface area contributed by atoms with Gasteiger partial charge in [-0.2, -0.15) is 0 Å². The van der Waals surface area contributed by atoms with Gasteiger partial charge < -0.3 is 5.32 Å². The van der Waals surface area contributed by atoms with Gasteiger partial charge in [0.15, 0.2) is 5.82 Å². The largest absolute Gasteiger partial charge is 0.305 e. The van der Waals surface area contributed by atoms with Crippen LogP contribution in [0.1, 0.15) is 22.8 Å². The van der Waals surface area contributed by atoms with E-state index in [4.69, 9.17) is 23.2 Å². The van der Waals surface area contributed by atoms with Gasteiger partial charge in [0.25, 0.3) is 5.91 Å². The summed E-state index contributed by atoms with van der Waals surface area (Å²) in [5, 5.41) is 8.12. The number of benzene rings is 2. The van der Waals surface area contributed by atoms with Crippen LogP contribution in [0.3, 0.4) is 0 Å². The van der Waals surface area contributed by atoms with Gasteiger partial charge in [-0.15, -0.1) is 5.10 Å². The first-order valence-corrected chi connectivity index (χ1v) is 8.25. The second kappa shape index (κ2) is 7.07. The van der Waals surface area contributed by atoms with Gasteiger partial charge in [0.2, 0.25) is 0 Å². The van der Waals surface area contributed by atoms with E-state index in [-0.39, 0.29) is 5.91 Å². The predicted octanol–water partition coefficient (Wildman–Crippen LogP) is 4.99. The van der Waals surface area contributed by atoms with Crippen LogP contribution in [0.5, 0.6) is 0 Å². The third kappa shape index (κ3) is 3.30. The molecule has 24 heavy (non-hydrogen) atoms. The van der Waals surface area contributed by atoms with E-state index in [1.54, 1.807) is 41.2 Å². The number of aromatic nitrogens is 2. The lowest BCUT2D eigenvalue weighted by Crippen LogP contribution is -2.14. The summed E-state index contributed by atoms with van der Waals surface area (Å²) in [6, 6.07) is 14.4. The van der Waals surface area contributed by atoms with Crippen LogP contribution in [0.4, 0.5) is 5.82 Å². The number of hydrogen-bond donors (Lipinski definition) is 1. The van der Waals surface area contributed by atoms with Crippen molar-refractivity contribution in [1.29, 1.82) is 0 Å². The van der Waals surface area contributed by atoms with Crippen LogP contribution in [0, 0.1) is 0 Å². The van der Waals surface area contributed by atoms with Crippen molar-refractivity contribution in [2.75, 3.05) is 5.32 Å². The lowest BCUT2D eigenvalue weighted by atomic mass is 10.0. The fourth-order valence-corrected chi connectivity index (χ4v) is 3.03. The molecule has 0 aliphatic heterocycles. The second-order valence-corrected chi connectivity index (χ2v) is 6.00. The van der Waals surface area contributed by atoms with Gasteiger partial charge >= 0.3 is 0 Å². The molecule has 0 aliphatic carbocycles. The normalized spacial score (nSPS) is 10.6. The number of para-hydroxylation sites is 1. The van der Waals surface area contributed by atoms with E-state index < -0.39 is 0 Å². The average molecular weight is 360 g/mol. The van der Waals surface area contributed by atoms with Gasteiger partial charge in [-0.05, 0) is 30.2 Å². The van der Waals surface area contributed by atoms with Crippen LogP contribution in [-0.2, 0) is 6.42 Å². The van der Waals surface area contributed by atoms with Crippen LogP contribution >= 0.6 is 23.2 Å². The number of anilines is 1. The molecule has 0 atom stereocenters. The zero-order valence-electron chi connectivity index (χ0n) is 13.0.